The molecule has 0 aromatic rings. The van der Waals surface area contributed by atoms with E-state index in [2.05, 4.69) is 17.1 Å². The highest BCUT2D eigenvalue weighted by Gasteiger charge is 2.28. The van der Waals surface area contributed by atoms with Gasteiger partial charge in [-0.1, -0.05) is 0 Å². The Balaban J connectivity index is 3.93. The van der Waals surface area contributed by atoms with Gasteiger partial charge in [-0.25, -0.2) is 8.42 Å². The summed E-state index contributed by atoms with van der Waals surface area (Å²) < 4.78 is 22.9. The highest BCUT2D eigenvalue weighted by Crippen LogP contribution is 2.15. The van der Waals surface area contributed by atoms with Gasteiger partial charge in [-0.15, -0.1) is 0 Å². The molecule has 1 atom stereocenters. The molecular formula is C11H26N2O2S. The van der Waals surface area contributed by atoms with E-state index in [1.165, 1.54) is 0 Å². The van der Waals surface area contributed by atoms with E-state index >= 15 is 0 Å². The van der Waals surface area contributed by atoms with Crippen molar-refractivity contribution in [3.8, 4) is 0 Å². The zero-order valence-electron chi connectivity index (χ0n) is 11.4. The molecule has 4 nitrogen and oxygen atoms in total. The van der Waals surface area contributed by atoms with Gasteiger partial charge in [-0.2, -0.15) is 0 Å². The van der Waals surface area contributed by atoms with Crippen LogP contribution in [0.3, 0.4) is 0 Å². The lowest BCUT2D eigenvalue weighted by molar-refractivity contribution is 0.305. The van der Waals surface area contributed by atoms with E-state index < -0.39 is 14.6 Å². The van der Waals surface area contributed by atoms with Crippen molar-refractivity contribution in [1.29, 1.82) is 0 Å². The second-order valence-corrected chi connectivity index (χ2v) is 8.31. The monoisotopic (exact) mass is 250 g/mol. The summed E-state index contributed by atoms with van der Waals surface area (Å²) in [7, 11) is 1.03. The minimum atomic E-state index is -2.99. The molecule has 16 heavy (non-hydrogen) atoms. The summed E-state index contributed by atoms with van der Waals surface area (Å²) in [4.78, 5) is 2.10. The van der Waals surface area contributed by atoms with E-state index in [9.17, 15) is 8.42 Å². The van der Waals surface area contributed by atoms with E-state index in [0.29, 0.717) is 12.6 Å². The van der Waals surface area contributed by atoms with Gasteiger partial charge in [0, 0.05) is 19.1 Å². The van der Waals surface area contributed by atoms with E-state index in [-0.39, 0.29) is 5.75 Å². The average molecular weight is 250 g/mol. The molecule has 0 aromatic heterocycles. The van der Waals surface area contributed by atoms with Gasteiger partial charge in [-0.05, 0) is 41.8 Å². The van der Waals surface area contributed by atoms with Crippen LogP contribution >= 0.6 is 0 Å². The van der Waals surface area contributed by atoms with Crippen molar-refractivity contribution in [3.63, 3.8) is 0 Å². The molecule has 0 rings (SSSR count). The molecule has 0 aliphatic heterocycles. The predicted octanol–water partition coefficient (Wildman–Crippen LogP) is 0.739. The third-order valence-corrected chi connectivity index (χ3v) is 5.41. The first-order valence-electron chi connectivity index (χ1n) is 5.67. The van der Waals surface area contributed by atoms with E-state index in [1.807, 2.05) is 14.1 Å². The Morgan fingerprint density at radius 3 is 2.12 bits per heavy atom. The lowest BCUT2D eigenvalue weighted by Gasteiger charge is -2.22. The zero-order valence-corrected chi connectivity index (χ0v) is 12.2. The van der Waals surface area contributed by atoms with Crippen LogP contribution in [0.2, 0.25) is 0 Å². The second-order valence-electron chi connectivity index (χ2n) is 5.45. The third-order valence-electron chi connectivity index (χ3n) is 2.80. The zero-order chi connectivity index (χ0) is 13.0. The third kappa shape index (κ3) is 5.27. The van der Waals surface area contributed by atoms with Crippen molar-refractivity contribution < 1.29 is 8.42 Å². The molecule has 0 amide bonds. The molecule has 5 heteroatoms. The minimum Gasteiger partial charge on any atom is -0.314 e. The number of sulfone groups is 1. The van der Waals surface area contributed by atoms with Crippen LogP contribution in [-0.4, -0.2) is 57.0 Å². The Hall–Kier alpha value is -0.130. The normalized spacial score (nSPS) is 15.4. The number of hydrogen-bond donors (Lipinski definition) is 1. The lowest BCUT2D eigenvalue weighted by atomic mass is 10.3. The van der Waals surface area contributed by atoms with Crippen LogP contribution in [0.4, 0.5) is 0 Å². The average Bonchev–Trinajstić information content (AvgIpc) is 2.09. The molecule has 0 heterocycles. The molecule has 0 aliphatic rings. The number of hydrogen-bond acceptors (Lipinski definition) is 4. The van der Waals surface area contributed by atoms with Gasteiger partial charge < -0.3 is 10.2 Å². The molecule has 0 bridgehead atoms. The summed E-state index contributed by atoms with van der Waals surface area (Å²) in [6.45, 7) is 8.66. The molecule has 0 aliphatic carbocycles. The van der Waals surface area contributed by atoms with Crippen molar-refractivity contribution >= 4 is 9.84 Å². The summed E-state index contributed by atoms with van der Waals surface area (Å²) in [6, 6.07) is 0.414. The Morgan fingerprint density at radius 2 is 1.75 bits per heavy atom. The van der Waals surface area contributed by atoms with Gasteiger partial charge in [0.2, 0.25) is 0 Å². The first-order valence-corrected chi connectivity index (χ1v) is 7.32. The van der Waals surface area contributed by atoms with Gasteiger partial charge >= 0.3 is 0 Å². The molecule has 0 aromatic carbocycles. The van der Waals surface area contributed by atoms with Crippen molar-refractivity contribution in [2.24, 2.45) is 0 Å². The van der Waals surface area contributed by atoms with Crippen LogP contribution in [0, 0.1) is 0 Å². The minimum absolute atomic E-state index is 0.205. The Kier molecular flexibility index (Phi) is 5.93. The van der Waals surface area contributed by atoms with E-state index in [1.54, 1.807) is 20.8 Å². The highest BCUT2D eigenvalue weighted by molar-refractivity contribution is 7.92. The van der Waals surface area contributed by atoms with Crippen molar-refractivity contribution in [2.75, 3.05) is 32.9 Å². The molecule has 98 valence electrons. The molecule has 1 unspecified atom stereocenters. The SMILES string of the molecule is CC(CNCCS(=O)(=O)C(C)(C)C)N(C)C. The quantitative estimate of drug-likeness (QED) is 0.706. The summed E-state index contributed by atoms with van der Waals surface area (Å²) in [5.74, 6) is 0.205. The maximum atomic E-state index is 11.8. The smallest absolute Gasteiger partial charge is 0.156 e. The first kappa shape index (κ1) is 15.9. The van der Waals surface area contributed by atoms with Crippen LogP contribution < -0.4 is 5.32 Å². The number of rotatable bonds is 6. The summed E-state index contributed by atoms with van der Waals surface area (Å²) in [6.07, 6.45) is 0. The van der Waals surface area contributed by atoms with Crippen molar-refractivity contribution in [3.05, 3.63) is 0 Å². The van der Waals surface area contributed by atoms with Crippen LogP contribution in [0.15, 0.2) is 0 Å². The fraction of sp³-hybridized carbons (Fsp3) is 1.00. The Bertz CT molecular complexity index is 292. The molecule has 0 fully saturated rings. The summed E-state index contributed by atoms with van der Waals surface area (Å²) in [5, 5.41) is 3.17. The maximum Gasteiger partial charge on any atom is 0.156 e. The standard InChI is InChI=1S/C11H26N2O2S/c1-10(13(5)6)9-12-7-8-16(14,15)11(2,3)4/h10,12H,7-9H2,1-6H3. The fourth-order valence-corrected chi connectivity index (χ4v) is 2.03. The summed E-state index contributed by atoms with van der Waals surface area (Å²) in [5.41, 5.74) is 0. The van der Waals surface area contributed by atoms with Gasteiger partial charge in [0.25, 0.3) is 0 Å². The van der Waals surface area contributed by atoms with Crippen LogP contribution in [-0.2, 0) is 9.84 Å². The van der Waals surface area contributed by atoms with Crippen LogP contribution in [0.5, 0.6) is 0 Å². The van der Waals surface area contributed by atoms with Crippen LogP contribution in [0.1, 0.15) is 27.7 Å². The largest absolute Gasteiger partial charge is 0.314 e. The Morgan fingerprint density at radius 1 is 1.25 bits per heavy atom. The van der Waals surface area contributed by atoms with Gasteiger partial charge in [0.05, 0.1) is 10.5 Å². The molecule has 1 N–H and O–H groups in total. The number of nitrogens with zero attached hydrogens (tertiary/aromatic N) is 1. The molecule has 0 spiro atoms. The number of likely N-dealkylation sites (N-methyl/N-ethyl adjacent to an activating group) is 1. The van der Waals surface area contributed by atoms with Gasteiger partial charge in [-0.3, -0.25) is 0 Å². The van der Waals surface area contributed by atoms with Crippen molar-refractivity contribution in [1.82, 2.24) is 10.2 Å². The van der Waals surface area contributed by atoms with Crippen molar-refractivity contribution in [2.45, 2.75) is 38.5 Å². The molecule has 0 radical (unpaired) electrons. The molecule has 0 saturated carbocycles. The molecular weight excluding hydrogens is 224 g/mol. The summed E-state index contributed by atoms with van der Waals surface area (Å²) >= 11 is 0. The van der Waals surface area contributed by atoms with Crippen LogP contribution in [0.25, 0.3) is 0 Å². The van der Waals surface area contributed by atoms with E-state index in [0.717, 1.165) is 6.54 Å². The lowest BCUT2D eigenvalue weighted by Crippen LogP contribution is -2.39. The Labute approximate surface area is 100 Å². The predicted molar refractivity (Wildman–Crippen MR) is 69.6 cm³/mol. The van der Waals surface area contributed by atoms with E-state index in [4.69, 9.17) is 0 Å². The fourth-order valence-electron chi connectivity index (χ4n) is 1.01. The highest BCUT2D eigenvalue weighted by atomic mass is 32.2. The topological polar surface area (TPSA) is 49.4 Å². The number of nitrogens with one attached hydrogen (secondary N) is 1. The molecule has 0 saturated heterocycles. The maximum absolute atomic E-state index is 11.8. The first-order chi connectivity index (χ1) is 7.08. The van der Waals surface area contributed by atoms with Gasteiger partial charge in [0.1, 0.15) is 0 Å². The van der Waals surface area contributed by atoms with Gasteiger partial charge in [0.15, 0.2) is 9.84 Å². The second kappa shape index (κ2) is 5.98.